The molecule has 2 heterocycles. The van der Waals surface area contributed by atoms with Gasteiger partial charge in [0, 0.05) is 16.9 Å². The molecule has 0 N–H and O–H groups in total. The summed E-state index contributed by atoms with van der Waals surface area (Å²) in [5.41, 5.74) is 2.79. The summed E-state index contributed by atoms with van der Waals surface area (Å²) >= 11 is 3.47. The van der Waals surface area contributed by atoms with Crippen LogP contribution in [-0.2, 0) is 5.41 Å². The third kappa shape index (κ3) is 2.86. The molecule has 1 aromatic carbocycles. The van der Waals surface area contributed by atoms with Crippen LogP contribution in [-0.4, -0.2) is 9.97 Å². The molecule has 0 unspecified atom stereocenters. The third-order valence-electron chi connectivity index (χ3n) is 3.29. The molecule has 0 aliphatic rings. The minimum Gasteiger partial charge on any atom is -0.454 e. The van der Waals surface area contributed by atoms with Gasteiger partial charge in [-0.05, 0) is 41.1 Å². The van der Waals surface area contributed by atoms with Crippen LogP contribution in [0.5, 0.6) is 0 Å². The number of hydrogen-bond acceptors (Lipinski definition) is 3. The molecule has 0 fully saturated rings. The summed E-state index contributed by atoms with van der Waals surface area (Å²) in [5.74, 6) is 1.56. The average molecular weight is 345 g/mol. The molecular weight excluding hydrogens is 328 g/mol. The second-order valence-electron chi connectivity index (χ2n) is 6.30. The zero-order valence-electron chi connectivity index (χ0n) is 12.6. The fraction of sp³-hybridized carbons (Fsp3) is 0.294. The van der Waals surface area contributed by atoms with Gasteiger partial charge in [0.25, 0.3) is 0 Å². The zero-order valence-corrected chi connectivity index (χ0v) is 14.2. The molecule has 0 aliphatic heterocycles. The van der Waals surface area contributed by atoms with Crippen LogP contribution in [0.3, 0.4) is 0 Å². The Balaban J connectivity index is 2.16. The fourth-order valence-electron chi connectivity index (χ4n) is 2.17. The summed E-state index contributed by atoms with van der Waals surface area (Å²) < 4.78 is 6.69. The van der Waals surface area contributed by atoms with Crippen LogP contribution in [0, 0.1) is 6.92 Å². The van der Waals surface area contributed by atoms with E-state index in [-0.39, 0.29) is 5.41 Å². The Morgan fingerprint density at radius 2 is 1.81 bits per heavy atom. The SMILES string of the molecule is Cc1ccc2oc(-c3cc(Br)nc(C(C)(C)C)n3)cc2c1. The van der Waals surface area contributed by atoms with Gasteiger partial charge in [-0.15, -0.1) is 0 Å². The Bertz CT molecular complexity index is 815. The summed E-state index contributed by atoms with van der Waals surface area (Å²) in [6, 6.07) is 10.1. The first-order valence-electron chi connectivity index (χ1n) is 6.88. The van der Waals surface area contributed by atoms with E-state index < -0.39 is 0 Å². The normalized spacial score (nSPS) is 12.0. The van der Waals surface area contributed by atoms with E-state index in [1.54, 1.807) is 0 Å². The number of aromatic nitrogens is 2. The lowest BCUT2D eigenvalue weighted by Crippen LogP contribution is -2.16. The van der Waals surface area contributed by atoms with E-state index in [0.29, 0.717) is 0 Å². The smallest absolute Gasteiger partial charge is 0.153 e. The summed E-state index contributed by atoms with van der Waals surface area (Å²) in [4.78, 5) is 9.12. The van der Waals surface area contributed by atoms with Crippen molar-refractivity contribution in [2.24, 2.45) is 0 Å². The largest absolute Gasteiger partial charge is 0.454 e. The molecule has 4 heteroatoms. The lowest BCUT2D eigenvalue weighted by molar-refractivity contribution is 0.542. The summed E-state index contributed by atoms with van der Waals surface area (Å²) in [7, 11) is 0. The quantitative estimate of drug-likeness (QED) is 0.565. The minimum absolute atomic E-state index is 0.110. The second kappa shape index (κ2) is 4.95. The van der Waals surface area contributed by atoms with Crippen molar-refractivity contribution < 1.29 is 4.42 Å². The molecule has 0 saturated heterocycles. The maximum Gasteiger partial charge on any atom is 0.153 e. The molecule has 0 amide bonds. The number of hydrogen-bond donors (Lipinski definition) is 0. The zero-order chi connectivity index (χ0) is 15.2. The molecule has 2 aromatic heterocycles. The lowest BCUT2D eigenvalue weighted by atomic mass is 9.95. The number of halogens is 1. The summed E-state index contributed by atoms with van der Waals surface area (Å²) in [6.45, 7) is 8.37. The van der Waals surface area contributed by atoms with E-state index in [4.69, 9.17) is 4.42 Å². The lowest BCUT2D eigenvalue weighted by Gasteiger charge is -2.17. The van der Waals surface area contributed by atoms with Crippen LogP contribution in [0.2, 0.25) is 0 Å². The average Bonchev–Trinajstić information content (AvgIpc) is 2.80. The summed E-state index contributed by atoms with van der Waals surface area (Å²) in [6.07, 6.45) is 0. The highest BCUT2D eigenvalue weighted by molar-refractivity contribution is 9.10. The van der Waals surface area contributed by atoms with E-state index in [9.17, 15) is 0 Å². The number of aryl methyl sites for hydroxylation is 1. The van der Waals surface area contributed by atoms with Crippen molar-refractivity contribution in [1.29, 1.82) is 0 Å². The van der Waals surface area contributed by atoms with E-state index >= 15 is 0 Å². The molecule has 3 aromatic rings. The topological polar surface area (TPSA) is 38.9 Å². The van der Waals surface area contributed by atoms with Gasteiger partial charge in [0.2, 0.25) is 0 Å². The van der Waals surface area contributed by atoms with Crippen molar-refractivity contribution >= 4 is 26.9 Å². The predicted molar refractivity (Wildman–Crippen MR) is 88.4 cm³/mol. The molecule has 21 heavy (non-hydrogen) atoms. The van der Waals surface area contributed by atoms with E-state index in [1.165, 1.54) is 5.56 Å². The van der Waals surface area contributed by atoms with Crippen LogP contribution < -0.4 is 0 Å². The number of fused-ring (bicyclic) bond motifs is 1. The van der Waals surface area contributed by atoms with Gasteiger partial charge in [-0.25, -0.2) is 9.97 Å². The third-order valence-corrected chi connectivity index (χ3v) is 3.70. The maximum absolute atomic E-state index is 5.92. The van der Waals surface area contributed by atoms with Crippen LogP contribution in [0.1, 0.15) is 32.2 Å². The van der Waals surface area contributed by atoms with Gasteiger partial charge in [-0.1, -0.05) is 32.4 Å². The Morgan fingerprint density at radius 3 is 2.52 bits per heavy atom. The van der Waals surface area contributed by atoms with Gasteiger partial charge in [0.05, 0.1) is 0 Å². The predicted octanol–water partition coefficient (Wildman–Crippen LogP) is 5.26. The minimum atomic E-state index is -0.110. The summed E-state index contributed by atoms with van der Waals surface area (Å²) in [5, 5.41) is 1.09. The van der Waals surface area contributed by atoms with Crippen LogP contribution in [0.15, 0.2) is 39.4 Å². The van der Waals surface area contributed by atoms with Gasteiger partial charge in [-0.3, -0.25) is 0 Å². The Morgan fingerprint density at radius 1 is 1.05 bits per heavy atom. The number of rotatable bonds is 1. The van der Waals surface area contributed by atoms with E-state index in [0.717, 1.165) is 32.9 Å². The first kappa shape index (κ1) is 14.3. The van der Waals surface area contributed by atoms with Crippen molar-refractivity contribution in [2.75, 3.05) is 0 Å². The maximum atomic E-state index is 5.92. The molecule has 0 aliphatic carbocycles. The number of nitrogens with zero attached hydrogens (tertiary/aromatic N) is 2. The molecule has 0 atom stereocenters. The highest BCUT2D eigenvalue weighted by Gasteiger charge is 2.20. The van der Waals surface area contributed by atoms with Gasteiger partial charge < -0.3 is 4.42 Å². The highest BCUT2D eigenvalue weighted by atomic mass is 79.9. The second-order valence-corrected chi connectivity index (χ2v) is 7.11. The van der Waals surface area contributed by atoms with Crippen LogP contribution in [0.25, 0.3) is 22.4 Å². The fourth-order valence-corrected chi connectivity index (χ4v) is 2.55. The monoisotopic (exact) mass is 344 g/mol. The Kier molecular flexibility index (Phi) is 3.36. The van der Waals surface area contributed by atoms with Gasteiger partial charge in [-0.2, -0.15) is 0 Å². The van der Waals surface area contributed by atoms with E-state index in [2.05, 4.69) is 59.7 Å². The Hall–Kier alpha value is -1.68. The standard InChI is InChI=1S/C17H17BrN2O/c1-10-5-6-13-11(7-10)8-14(21-13)12-9-15(18)20-16(19-12)17(2,3)4/h5-9H,1-4H3. The molecular formula is C17H17BrN2O. The van der Waals surface area contributed by atoms with Crippen molar-refractivity contribution in [3.63, 3.8) is 0 Å². The van der Waals surface area contributed by atoms with Crippen LogP contribution >= 0.6 is 15.9 Å². The van der Waals surface area contributed by atoms with Gasteiger partial charge >= 0.3 is 0 Å². The number of benzene rings is 1. The molecule has 3 rings (SSSR count). The Labute approximate surface area is 132 Å². The molecule has 0 radical (unpaired) electrons. The van der Waals surface area contributed by atoms with Crippen LogP contribution in [0.4, 0.5) is 0 Å². The number of furan rings is 1. The molecule has 3 nitrogen and oxygen atoms in total. The first-order chi connectivity index (χ1) is 9.83. The van der Waals surface area contributed by atoms with Crippen molar-refractivity contribution in [3.05, 3.63) is 46.3 Å². The molecule has 0 spiro atoms. The highest BCUT2D eigenvalue weighted by Crippen LogP contribution is 2.30. The molecule has 108 valence electrons. The molecule has 0 bridgehead atoms. The van der Waals surface area contributed by atoms with Gasteiger partial charge in [0.15, 0.2) is 5.76 Å². The first-order valence-corrected chi connectivity index (χ1v) is 7.68. The van der Waals surface area contributed by atoms with E-state index in [1.807, 2.05) is 24.3 Å². The molecule has 0 saturated carbocycles. The van der Waals surface area contributed by atoms with Crippen molar-refractivity contribution in [2.45, 2.75) is 33.1 Å². The van der Waals surface area contributed by atoms with Crippen molar-refractivity contribution in [1.82, 2.24) is 9.97 Å². The van der Waals surface area contributed by atoms with Gasteiger partial charge in [0.1, 0.15) is 21.7 Å². The van der Waals surface area contributed by atoms with Crippen molar-refractivity contribution in [3.8, 4) is 11.5 Å².